The molecule has 2 amide bonds. The molecule has 0 spiro atoms. The molecule has 0 aliphatic heterocycles. The Bertz CT molecular complexity index is 1620. The van der Waals surface area contributed by atoms with Crippen molar-refractivity contribution in [2.45, 2.75) is 142 Å². The van der Waals surface area contributed by atoms with E-state index in [0.29, 0.717) is 18.7 Å². The maximum absolute atomic E-state index is 14.4. The molecule has 0 aliphatic rings. The number of hydrogen-bond acceptors (Lipinski definition) is 5. The second-order valence-corrected chi connectivity index (χ2v) is 16.6. The van der Waals surface area contributed by atoms with Crippen LogP contribution in [-0.4, -0.2) is 39.1 Å². The molecule has 3 N–H and O–H groups in total. The van der Waals surface area contributed by atoms with Crippen LogP contribution in [0.1, 0.15) is 163 Å². The summed E-state index contributed by atoms with van der Waals surface area (Å²) >= 11 is 16.2. The first kappa shape index (κ1) is 47.4. The lowest BCUT2D eigenvalue weighted by Gasteiger charge is -2.24. The van der Waals surface area contributed by atoms with Crippen molar-refractivity contribution in [3.8, 4) is 11.5 Å². The highest BCUT2D eigenvalue weighted by Gasteiger charge is 2.24. The summed E-state index contributed by atoms with van der Waals surface area (Å²) in [5, 5.41) is 14.7. The topological polar surface area (TPSA) is 108 Å². The number of nitrogens with one attached hydrogen (secondary N) is 2. The molecule has 3 aromatic rings. The van der Waals surface area contributed by atoms with Crippen LogP contribution >= 0.6 is 34.8 Å². The van der Waals surface area contributed by atoms with Gasteiger partial charge in [0.25, 0.3) is 11.8 Å². The maximum Gasteiger partial charge on any atom is 0.316 e. The van der Waals surface area contributed by atoms with Gasteiger partial charge in [0.05, 0.1) is 32.0 Å². The molecule has 3 aromatic carbocycles. The van der Waals surface area contributed by atoms with Crippen molar-refractivity contribution < 1.29 is 23.1 Å². The number of anilines is 2. The van der Waals surface area contributed by atoms with E-state index in [1.165, 1.54) is 114 Å². The molecule has 0 aromatic heterocycles. The first-order chi connectivity index (χ1) is 27.1. The molecule has 8 nitrogen and oxygen atoms in total. The molecular formula is C44H62Cl3N3O5S. The minimum absolute atomic E-state index is 0.0189. The summed E-state index contributed by atoms with van der Waals surface area (Å²) in [6.07, 6.45) is 23.6. The summed E-state index contributed by atoms with van der Waals surface area (Å²) in [7, 11) is 0. The average molecular weight is 851 g/mol. The van der Waals surface area contributed by atoms with E-state index in [-0.39, 0.29) is 49.4 Å². The van der Waals surface area contributed by atoms with E-state index in [4.69, 9.17) is 39.0 Å². The van der Waals surface area contributed by atoms with Crippen molar-refractivity contribution in [1.82, 2.24) is 4.90 Å². The Hall–Kier alpha value is -2.98. The van der Waals surface area contributed by atoms with Crippen LogP contribution in [0.25, 0.3) is 0 Å². The average Bonchev–Trinajstić information content (AvgIpc) is 3.18. The van der Waals surface area contributed by atoms with Gasteiger partial charge in [-0.1, -0.05) is 182 Å². The molecule has 0 bridgehead atoms. The number of carbonyl (C=O) groups is 2. The van der Waals surface area contributed by atoms with Crippen molar-refractivity contribution in [1.29, 1.82) is 0 Å². The molecule has 0 radical (unpaired) electrons. The van der Waals surface area contributed by atoms with Crippen LogP contribution in [0.4, 0.5) is 11.4 Å². The zero-order valence-electron chi connectivity index (χ0n) is 33.3. The fourth-order valence-electron chi connectivity index (χ4n) is 6.57. The normalized spacial score (nSPS) is 11.7. The number of aromatic hydroxyl groups is 1. The number of phenolic OH excluding ortho intramolecular Hbond substituents is 1. The second kappa shape index (κ2) is 27.6. The summed E-state index contributed by atoms with van der Waals surface area (Å²) in [6, 6.07) is 14.1. The van der Waals surface area contributed by atoms with Gasteiger partial charge in [0.2, 0.25) is 0 Å². The summed E-state index contributed by atoms with van der Waals surface area (Å²) in [4.78, 5) is 29.4. The number of phenols is 1. The standard InChI is InChI=1S/C44H62Cl3N3O5S/c1-3-5-7-9-11-13-15-17-19-24-28-50(29-25-20-18-16-14-12-10-8-6-4-2)44(53)36-30-35(49-56(54)55-41-33-38(46)37(45)32-39(41)47)31-40(42(36)51)48-43(52)34-26-22-21-23-27-34/h21-23,26-27,30-33,49,51H,3-20,24-25,28-29H2,1-2H3,(H,48,52). The van der Waals surface area contributed by atoms with Crippen molar-refractivity contribution in [3.05, 3.63) is 80.8 Å². The van der Waals surface area contributed by atoms with E-state index < -0.39 is 17.2 Å². The Kier molecular flexibility index (Phi) is 23.4. The first-order valence-electron chi connectivity index (χ1n) is 20.7. The molecule has 3 rings (SSSR count). The van der Waals surface area contributed by atoms with Gasteiger partial charge in [0.1, 0.15) is 0 Å². The quantitative estimate of drug-likeness (QED) is 0.0279. The highest BCUT2D eigenvalue weighted by atomic mass is 35.5. The van der Waals surface area contributed by atoms with Gasteiger partial charge in [-0.05, 0) is 43.2 Å². The molecule has 0 heterocycles. The predicted octanol–water partition coefficient (Wildman–Crippen LogP) is 14.0. The third-order valence-electron chi connectivity index (χ3n) is 9.82. The van der Waals surface area contributed by atoms with Crippen LogP contribution in [0, 0.1) is 0 Å². The Balaban J connectivity index is 1.78. The number of halogens is 3. The fraction of sp³-hybridized carbons (Fsp3) is 0.545. The van der Waals surface area contributed by atoms with E-state index in [1.807, 2.05) is 0 Å². The number of hydrogen-bond donors (Lipinski definition) is 3. The third-order valence-corrected chi connectivity index (χ3v) is 11.6. The van der Waals surface area contributed by atoms with Crippen LogP contribution in [0.2, 0.25) is 15.1 Å². The molecule has 0 aliphatic carbocycles. The SMILES string of the molecule is CCCCCCCCCCCCN(CCCCCCCCCCCC)C(=O)c1cc(NS(=O)Oc2cc(Cl)c(Cl)cc2Cl)cc(NC(=O)c2ccccc2)c1O. The lowest BCUT2D eigenvalue weighted by molar-refractivity contribution is 0.0745. The van der Waals surface area contributed by atoms with Crippen molar-refractivity contribution in [2.24, 2.45) is 0 Å². The van der Waals surface area contributed by atoms with E-state index in [1.54, 1.807) is 35.2 Å². The molecule has 1 unspecified atom stereocenters. The van der Waals surface area contributed by atoms with E-state index in [0.717, 1.165) is 38.5 Å². The van der Waals surface area contributed by atoms with Crippen LogP contribution in [0.3, 0.4) is 0 Å². The summed E-state index contributed by atoms with van der Waals surface area (Å²) in [6.45, 7) is 5.55. The van der Waals surface area contributed by atoms with Crippen molar-refractivity contribution >= 4 is 69.3 Å². The third kappa shape index (κ3) is 17.7. The minimum Gasteiger partial charge on any atom is -0.505 e. The Labute approximate surface area is 353 Å². The molecule has 310 valence electrons. The van der Waals surface area contributed by atoms with Crippen LogP contribution < -0.4 is 14.2 Å². The minimum atomic E-state index is -2.22. The number of amides is 2. The summed E-state index contributed by atoms with van der Waals surface area (Å²) in [5.74, 6) is -1.20. The lowest BCUT2D eigenvalue weighted by Crippen LogP contribution is -2.33. The Morgan fingerprint density at radius 2 is 1.14 bits per heavy atom. The number of rotatable bonds is 29. The van der Waals surface area contributed by atoms with Gasteiger partial charge in [0, 0.05) is 24.7 Å². The van der Waals surface area contributed by atoms with Crippen molar-refractivity contribution in [3.63, 3.8) is 0 Å². The maximum atomic E-state index is 14.4. The molecule has 0 fully saturated rings. The number of carbonyl (C=O) groups excluding carboxylic acids is 2. The van der Waals surface area contributed by atoms with Crippen LogP contribution in [-0.2, 0) is 11.3 Å². The van der Waals surface area contributed by atoms with Crippen LogP contribution in [0.15, 0.2) is 54.6 Å². The molecule has 56 heavy (non-hydrogen) atoms. The number of nitrogens with zero attached hydrogens (tertiary/aromatic N) is 1. The van der Waals surface area contributed by atoms with Crippen molar-refractivity contribution in [2.75, 3.05) is 23.1 Å². The molecule has 0 saturated carbocycles. The Morgan fingerprint density at radius 1 is 0.661 bits per heavy atom. The van der Waals surface area contributed by atoms with Gasteiger partial charge >= 0.3 is 11.3 Å². The van der Waals surface area contributed by atoms with E-state index in [9.17, 15) is 18.9 Å². The lowest BCUT2D eigenvalue weighted by atomic mass is 10.0. The van der Waals surface area contributed by atoms with Gasteiger partial charge < -0.3 is 19.5 Å². The summed E-state index contributed by atoms with van der Waals surface area (Å²) < 4.78 is 21.5. The van der Waals surface area contributed by atoms with Crippen LogP contribution in [0.5, 0.6) is 11.5 Å². The monoisotopic (exact) mass is 849 g/mol. The second-order valence-electron chi connectivity index (χ2n) is 14.5. The Morgan fingerprint density at radius 3 is 1.66 bits per heavy atom. The van der Waals surface area contributed by atoms with E-state index in [2.05, 4.69) is 23.9 Å². The van der Waals surface area contributed by atoms with Gasteiger partial charge in [-0.15, -0.1) is 0 Å². The van der Waals surface area contributed by atoms with E-state index >= 15 is 0 Å². The zero-order chi connectivity index (χ0) is 40.5. The van der Waals surface area contributed by atoms with Gasteiger partial charge in [0.15, 0.2) is 11.5 Å². The molecule has 0 saturated heterocycles. The summed E-state index contributed by atoms with van der Waals surface area (Å²) in [5.41, 5.74) is 0.487. The highest BCUT2D eigenvalue weighted by Crippen LogP contribution is 2.36. The molecule has 12 heteroatoms. The number of unbranched alkanes of at least 4 members (excludes halogenated alkanes) is 18. The van der Waals surface area contributed by atoms with Gasteiger partial charge in [-0.3, -0.25) is 14.3 Å². The molecular weight excluding hydrogens is 789 g/mol. The number of benzene rings is 3. The highest BCUT2D eigenvalue weighted by molar-refractivity contribution is 7.82. The largest absolute Gasteiger partial charge is 0.505 e. The smallest absolute Gasteiger partial charge is 0.316 e. The fourth-order valence-corrected chi connectivity index (χ4v) is 7.84. The van der Waals surface area contributed by atoms with Gasteiger partial charge in [-0.25, -0.2) is 0 Å². The molecule has 1 atom stereocenters. The zero-order valence-corrected chi connectivity index (χ0v) is 36.4. The van der Waals surface area contributed by atoms with Gasteiger partial charge in [-0.2, -0.15) is 4.21 Å². The predicted molar refractivity (Wildman–Crippen MR) is 236 cm³/mol. The first-order valence-corrected chi connectivity index (χ1v) is 22.9.